The van der Waals surface area contributed by atoms with Crippen molar-refractivity contribution < 1.29 is 44.7 Å². The number of alkyl halides is 3. The molecule has 0 N–H and O–H groups in total. The van der Waals surface area contributed by atoms with Crippen molar-refractivity contribution in [2.24, 2.45) is 9.98 Å². The number of carbonyl (C=O) groups excluding carboxylic acids is 1. The van der Waals surface area contributed by atoms with Crippen LogP contribution in [-0.2, 0) is 33.9 Å². The van der Waals surface area contributed by atoms with Crippen LogP contribution in [-0.4, -0.2) is 22.6 Å². The summed E-state index contributed by atoms with van der Waals surface area (Å²) in [4.78, 5) is 24.6. The molecule has 0 fully saturated rings. The first-order valence-corrected chi connectivity index (χ1v) is 11.7. The summed E-state index contributed by atoms with van der Waals surface area (Å²) in [7, 11) is 0. The maximum atomic E-state index is 12.9. The minimum Gasteiger partial charge on any atom is -0.857 e. The predicted octanol–water partition coefficient (Wildman–Crippen LogP) is 4.25. The van der Waals surface area contributed by atoms with Crippen molar-refractivity contribution in [2.75, 3.05) is 0 Å². The number of aromatic nitrogens is 1. The Bertz CT molecular complexity index is 1540. The van der Waals surface area contributed by atoms with Crippen LogP contribution in [0.15, 0.2) is 125 Å². The number of carbonyl (C=O) groups is 1. The van der Waals surface area contributed by atoms with Crippen molar-refractivity contribution in [1.29, 1.82) is 0 Å². The summed E-state index contributed by atoms with van der Waals surface area (Å²) in [5.74, 6) is -2.09. The molecule has 1 aromatic heterocycles. The summed E-state index contributed by atoms with van der Waals surface area (Å²) in [6.07, 6.45) is -2.13. The summed E-state index contributed by atoms with van der Waals surface area (Å²) in [6, 6.07) is 24.7. The number of halogens is 3. The Kier molecular flexibility index (Phi) is 10.1. The molecular weight excluding hydrogens is 566 g/mol. The van der Waals surface area contributed by atoms with Gasteiger partial charge < -0.3 is 15.0 Å². The molecule has 6 nitrogen and oxygen atoms in total. The Labute approximate surface area is 238 Å². The van der Waals surface area contributed by atoms with E-state index in [1.165, 1.54) is 24.4 Å². The monoisotopic (exact) mass is 585 g/mol. The fourth-order valence-corrected chi connectivity index (χ4v) is 3.67. The molecule has 0 radical (unpaired) electrons. The molecule has 0 spiro atoms. The van der Waals surface area contributed by atoms with Crippen LogP contribution in [0.2, 0.25) is 0 Å². The molecule has 0 amide bonds. The second-order valence-electron chi connectivity index (χ2n) is 8.31. The van der Waals surface area contributed by atoms with E-state index in [9.17, 15) is 28.2 Å². The number of carboxylic acid groups (broad SMARTS) is 1. The van der Waals surface area contributed by atoms with Gasteiger partial charge in [0.25, 0.3) is 0 Å². The van der Waals surface area contributed by atoms with Crippen LogP contribution in [0.5, 0.6) is 0 Å². The van der Waals surface area contributed by atoms with Crippen molar-refractivity contribution in [2.45, 2.75) is 12.6 Å². The van der Waals surface area contributed by atoms with Crippen molar-refractivity contribution in [3.8, 4) is 0 Å². The number of rotatable bonds is 8. The van der Waals surface area contributed by atoms with Crippen LogP contribution in [0.4, 0.5) is 18.9 Å². The predicted molar refractivity (Wildman–Crippen MR) is 137 cm³/mol. The third-order valence-electron chi connectivity index (χ3n) is 5.60. The third kappa shape index (κ3) is 7.74. The summed E-state index contributed by atoms with van der Waals surface area (Å²) >= 11 is 0. The van der Waals surface area contributed by atoms with Crippen LogP contribution in [0.25, 0.3) is 0 Å². The molecule has 10 heteroatoms. The maximum Gasteiger partial charge on any atom is 2.00 e. The Morgan fingerprint density at radius 2 is 1.50 bits per heavy atom. The number of aliphatic carboxylic acids is 1. The van der Waals surface area contributed by atoms with Gasteiger partial charge in [0.15, 0.2) is 0 Å². The molecule has 3 aromatic carbocycles. The number of hydrogen-bond donors (Lipinski definition) is 0. The molecule has 0 aliphatic rings. The SMILES string of the molecule is O=C([O-])/C(=C\N=C(c1ccccc1)c1ccccc1N=C([O-])c1ccccn1)Cc1ccc(C(F)(F)F)cc1.[Ni+2]. The van der Waals surface area contributed by atoms with Crippen LogP contribution in [0.3, 0.4) is 0 Å². The Hall–Kier alpha value is -4.56. The largest absolute Gasteiger partial charge is 2.00 e. The van der Waals surface area contributed by atoms with E-state index in [0.717, 1.165) is 18.3 Å². The molecule has 0 saturated carbocycles. The molecule has 0 aliphatic carbocycles. The normalized spacial score (nSPS) is 12.5. The molecule has 1 heterocycles. The topological polar surface area (TPSA) is 101 Å². The molecule has 4 rings (SSSR count). The molecule has 0 aliphatic heterocycles. The van der Waals surface area contributed by atoms with Gasteiger partial charge in [0, 0.05) is 35.8 Å². The van der Waals surface area contributed by atoms with Gasteiger partial charge in [-0.2, -0.15) is 13.2 Å². The minimum absolute atomic E-state index is 0. The molecule has 0 bridgehead atoms. The molecule has 204 valence electrons. The van der Waals surface area contributed by atoms with E-state index < -0.39 is 23.6 Å². The number of carboxylic acids is 1. The van der Waals surface area contributed by atoms with E-state index in [1.54, 1.807) is 66.7 Å². The average molecular weight is 586 g/mol. The van der Waals surface area contributed by atoms with E-state index in [4.69, 9.17) is 0 Å². The van der Waals surface area contributed by atoms with Crippen LogP contribution >= 0.6 is 0 Å². The zero-order valence-electron chi connectivity index (χ0n) is 20.6. The second kappa shape index (κ2) is 13.5. The first-order chi connectivity index (χ1) is 18.7. The molecule has 0 unspecified atom stereocenters. The van der Waals surface area contributed by atoms with Crippen LogP contribution in [0, 0.1) is 0 Å². The first-order valence-electron chi connectivity index (χ1n) is 11.7. The summed E-state index contributed by atoms with van der Waals surface area (Å²) in [5, 5.41) is 24.6. The minimum atomic E-state index is -4.50. The number of benzene rings is 3. The van der Waals surface area contributed by atoms with E-state index in [0.29, 0.717) is 28.1 Å². The Morgan fingerprint density at radius 1 is 0.850 bits per heavy atom. The first kappa shape index (κ1) is 30.0. The standard InChI is InChI=1S/C30H22F3N3O3.Ni/c31-30(32,33)23-15-13-20(14-16-23)18-22(29(38)39)19-35-27(21-8-2-1-3-9-21)24-10-4-5-11-25(24)36-28(37)26-12-6-7-17-34-26;/h1-17,19H,18H2,(H,36,37)(H,38,39);/q;+2/p-2/b22-19-,35-27?;. The number of nitrogens with zero attached hydrogens (tertiary/aromatic N) is 3. The van der Waals surface area contributed by atoms with Crippen molar-refractivity contribution in [1.82, 2.24) is 4.98 Å². The van der Waals surface area contributed by atoms with Gasteiger partial charge in [-0.05, 0) is 41.5 Å². The Morgan fingerprint density at radius 3 is 2.12 bits per heavy atom. The zero-order chi connectivity index (χ0) is 27.8. The van der Waals surface area contributed by atoms with Crippen molar-refractivity contribution in [3.63, 3.8) is 0 Å². The van der Waals surface area contributed by atoms with Gasteiger partial charge in [-0.3, -0.25) is 15.0 Å². The molecule has 4 aromatic rings. The zero-order valence-corrected chi connectivity index (χ0v) is 21.6. The molecule has 0 atom stereocenters. The van der Waals surface area contributed by atoms with E-state index in [-0.39, 0.29) is 34.2 Å². The van der Waals surface area contributed by atoms with Gasteiger partial charge >= 0.3 is 22.7 Å². The van der Waals surface area contributed by atoms with Gasteiger partial charge in [-0.1, -0.05) is 66.7 Å². The third-order valence-corrected chi connectivity index (χ3v) is 5.60. The number of hydrogen-bond acceptors (Lipinski definition) is 6. The van der Waals surface area contributed by atoms with Gasteiger partial charge in [0.1, 0.15) is 0 Å². The maximum absolute atomic E-state index is 12.9. The smallest absolute Gasteiger partial charge is 0.857 e. The van der Waals surface area contributed by atoms with E-state index >= 15 is 0 Å². The van der Waals surface area contributed by atoms with Gasteiger partial charge in [0.2, 0.25) is 0 Å². The summed E-state index contributed by atoms with van der Waals surface area (Å²) in [6.45, 7) is 0. The molecule has 40 heavy (non-hydrogen) atoms. The fourth-order valence-electron chi connectivity index (χ4n) is 3.67. The van der Waals surface area contributed by atoms with E-state index in [2.05, 4.69) is 15.0 Å². The van der Waals surface area contributed by atoms with Gasteiger partial charge in [-0.25, -0.2) is 0 Å². The number of aliphatic imine (C=N–C) groups is 2. The van der Waals surface area contributed by atoms with E-state index in [1.807, 2.05) is 0 Å². The van der Waals surface area contributed by atoms with Crippen molar-refractivity contribution >= 4 is 23.3 Å². The fraction of sp³-hybridized carbons (Fsp3) is 0.0667. The molecule has 0 saturated heterocycles. The van der Waals surface area contributed by atoms with Crippen LogP contribution < -0.4 is 10.2 Å². The van der Waals surface area contributed by atoms with Crippen molar-refractivity contribution in [3.05, 3.63) is 143 Å². The second-order valence-corrected chi connectivity index (χ2v) is 8.31. The molecular formula is C30H20F3N3NiO3. The van der Waals surface area contributed by atoms with Gasteiger partial charge in [-0.15, -0.1) is 0 Å². The van der Waals surface area contributed by atoms with Crippen LogP contribution in [0.1, 0.15) is 27.9 Å². The number of pyridine rings is 1. The summed E-state index contributed by atoms with van der Waals surface area (Å²) in [5.41, 5.74) is 1.10. The van der Waals surface area contributed by atoms with Gasteiger partial charge in [0.05, 0.1) is 28.6 Å². The summed E-state index contributed by atoms with van der Waals surface area (Å²) < 4.78 is 38.7. The Balaban J connectivity index is 0.00000441. The average Bonchev–Trinajstić information content (AvgIpc) is 2.94. The quantitative estimate of drug-likeness (QED) is 0.133. The number of para-hydroxylation sites is 1.